The van der Waals surface area contributed by atoms with Crippen LogP contribution in [0.5, 0.6) is 5.75 Å². The molecule has 174 valence electrons. The fraction of sp³-hybridized carbons (Fsp3) is 0.286. The molecule has 1 amide bonds. The zero-order valence-electron chi connectivity index (χ0n) is 19.5. The number of nitrogens with zero attached hydrogens (tertiary/aromatic N) is 3. The molecular weight excluding hydrogens is 426 g/mol. The summed E-state index contributed by atoms with van der Waals surface area (Å²) in [7, 11) is 0. The van der Waals surface area contributed by atoms with E-state index in [0.717, 1.165) is 39.4 Å². The van der Waals surface area contributed by atoms with Crippen molar-refractivity contribution in [1.29, 1.82) is 0 Å². The van der Waals surface area contributed by atoms with Gasteiger partial charge in [-0.25, -0.2) is 4.98 Å². The van der Waals surface area contributed by atoms with Crippen LogP contribution in [-0.2, 0) is 11.3 Å². The molecule has 0 spiro atoms. The van der Waals surface area contributed by atoms with Crippen molar-refractivity contribution in [3.63, 3.8) is 0 Å². The Morgan fingerprint density at radius 2 is 1.79 bits per heavy atom. The number of carbonyl (C=O) groups excluding carboxylic acids is 1. The summed E-state index contributed by atoms with van der Waals surface area (Å²) in [5.41, 5.74) is 4.96. The second kappa shape index (κ2) is 9.31. The molecule has 5 rings (SSSR count). The van der Waals surface area contributed by atoms with Gasteiger partial charge in [-0.2, -0.15) is 0 Å². The maximum absolute atomic E-state index is 12.8. The number of hydrogen-bond acceptors (Lipinski definition) is 4. The Bertz CT molecular complexity index is 1320. The predicted octanol–water partition coefficient (Wildman–Crippen LogP) is 4.61. The van der Waals surface area contributed by atoms with Crippen LogP contribution >= 0.6 is 0 Å². The van der Waals surface area contributed by atoms with E-state index in [1.807, 2.05) is 91.5 Å². The normalized spacial score (nSPS) is 16.9. The molecule has 6 nitrogen and oxygen atoms in total. The van der Waals surface area contributed by atoms with Gasteiger partial charge in [-0.05, 0) is 55.3 Å². The van der Waals surface area contributed by atoms with Gasteiger partial charge < -0.3 is 19.3 Å². The number of para-hydroxylation sites is 3. The van der Waals surface area contributed by atoms with Crippen LogP contribution in [0.1, 0.15) is 29.3 Å². The molecule has 1 saturated heterocycles. The molecule has 0 saturated carbocycles. The summed E-state index contributed by atoms with van der Waals surface area (Å²) in [6.07, 6.45) is -0.327. The molecule has 34 heavy (non-hydrogen) atoms. The van der Waals surface area contributed by atoms with Gasteiger partial charge in [0.2, 0.25) is 5.91 Å². The summed E-state index contributed by atoms with van der Waals surface area (Å²) < 4.78 is 8.01. The minimum absolute atomic E-state index is 0.0489. The molecule has 0 aliphatic carbocycles. The second-order valence-corrected chi connectivity index (χ2v) is 8.97. The molecule has 3 aromatic carbocycles. The molecule has 0 radical (unpaired) electrons. The number of fused-ring (bicyclic) bond motifs is 1. The molecule has 2 unspecified atom stereocenters. The van der Waals surface area contributed by atoms with Gasteiger partial charge in [0.05, 0.1) is 17.6 Å². The Labute approximate surface area is 199 Å². The smallest absolute Gasteiger partial charge is 0.227 e. The van der Waals surface area contributed by atoms with Crippen LogP contribution in [0.2, 0.25) is 0 Å². The van der Waals surface area contributed by atoms with Crippen molar-refractivity contribution in [3.05, 3.63) is 89.7 Å². The zero-order chi connectivity index (χ0) is 23.7. The number of rotatable bonds is 7. The van der Waals surface area contributed by atoms with E-state index in [1.54, 1.807) is 0 Å². The number of aryl methyl sites for hydroxylation is 1. The SMILES string of the molecule is Cc1cccc(OCC(O)Cn2c(C3CC(=O)N(c4ccccc4)C3)nc3ccccc32)c1C. The monoisotopic (exact) mass is 455 g/mol. The van der Waals surface area contributed by atoms with Crippen LogP contribution in [0.15, 0.2) is 72.8 Å². The highest BCUT2D eigenvalue weighted by atomic mass is 16.5. The molecule has 6 heteroatoms. The molecule has 1 N–H and O–H groups in total. The van der Waals surface area contributed by atoms with E-state index in [1.165, 1.54) is 0 Å². The fourth-order valence-electron chi connectivity index (χ4n) is 4.67. The number of imidazole rings is 1. The Morgan fingerprint density at radius 1 is 1.03 bits per heavy atom. The quantitative estimate of drug-likeness (QED) is 0.442. The molecule has 4 aromatic rings. The highest BCUT2D eigenvalue weighted by Crippen LogP contribution is 2.33. The summed E-state index contributed by atoms with van der Waals surface area (Å²) in [6, 6.07) is 23.6. The van der Waals surface area contributed by atoms with Crippen LogP contribution in [-0.4, -0.2) is 39.8 Å². The number of carbonyl (C=O) groups is 1. The van der Waals surface area contributed by atoms with E-state index in [9.17, 15) is 9.90 Å². The van der Waals surface area contributed by atoms with Crippen LogP contribution in [0.25, 0.3) is 11.0 Å². The third-order valence-corrected chi connectivity index (χ3v) is 6.62. The van der Waals surface area contributed by atoms with Crippen molar-refractivity contribution in [2.24, 2.45) is 0 Å². The first-order valence-corrected chi connectivity index (χ1v) is 11.7. The number of aromatic nitrogens is 2. The van der Waals surface area contributed by atoms with Gasteiger partial charge in [-0.1, -0.05) is 42.5 Å². The Morgan fingerprint density at radius 3 is 2.62 bits per heavy atom. The minimum atomic E-state index is -0.724. The van der Waals surface area contributed by atoms with Gasteiger partial charge >= 0.3 is 0 Å². The molecular formula is C28H29N3O3. The summed E-state index contributed by atoms with van der Waals surface area (Å²) in [5, 5.41) is 10.9. The molecule has 1 fully saturated rings. The molecule has 2 atom stereocenters. The summed E-state index contributed by atoms with van der Waals surface area (Å²) >= 11 is 0. The third-order valence-electron chi connectivity index (χ3n) is 6.62. The van der Waals surface area contributed by atoms with E-state index in [0.29, 0.717) is 19.5 Å². The van der Waals surface area contributed by atoms with Gasteiger partial charge in [0.15, 0.2) is 0 Å². The summed E-state index contributed by atoms with van der Waals surface area (Å²) in [4.78, 5) is 19.6. The van der Waals surface area contributed by atoms with Crippen LogP contribution in [0, 0.1) is 13.8 Å². The number of aliphatic hydroxyl groups excluding tert-OH is 1. The van der Waals surface area contributed by atoms with E-state index in [-0.39, 0.29) is 18.4 Å². The average Bonchev–Trinajstić information content (AvgIpc) is 3.41. The van der Waals surface area contributed by atoms with E-state index in [2.05, 4.69) is 4.57 Å². The van der Waals surface area contributed by atoms with Crippen LogP contribution in [0.3, 0.4) is 0 Å². The number of hydrogen-bond donors (Lipinski definition) is 1. The zero-order valence-corrected chi connectivity index (χ0v) is 19.5. The van der Waals surface area contributed by atoms with Crippen molar-refractivity contribution >= 4 is 22.6 Å². The summed E-state index contributed by atoms with van der Waals surface area (Å²) in [6.45, 7) is 5.16. The number of anilines is 1. The van der Waals surface area contributed by atoms with Gasteiger partial charge in [0.25, 0.3) is 0 Å². The lowest BCUT2D eigenvalue weighted by Crippen LogP contribution is -2.26. The Kier molecular flexibility index (Phi) is 6.07. The lowest BCUT2D eigenvalue weighted by atomic mass is 10.1. The highest BCUT2D eigenvalue weighted by molar-refractivity contribution is 5.96. The van der Waals surface area contributed by atoms with Crippen molar-refractivity contribution in [3.8, 4) is 5.75 Å². The lowest BCUT2D eigenvalue weighted by Gasteiger charge is -2.19. The topological polar surface area (TPSA) is 67.6 Å². The van der Waals surface area contributed by atoms with Gasteiger partial charge in [0, 0.05) is 24.6 Å². The molecule has 1 aromatic heterocycles. The van der Waals surface area contributed by atoms with E-state index >= 15 is 0 Å². The van der Waals surface area contributed by atoms with Gasteiger partial charge in [-0.3, -0.25) is 4.79 Å². The third kappa shape index (κ3) is 4.29. The maximum Gasteiger partial charge on any atom is 0.227 e. The molecule has 2 heterocycles. The Balaban J connectivity index is 1.38. The second-order valence-electron chi connectivity index (χ2n) is 8.97. The Hall–Kier alpha value is -3.64. The van der Waals surface area contributed by atoms with Crippen molar-refractivity contribution in [2.45, 2.75) is 38.8 Å². The minimum Gasteiger partial charge on any atom is -0.491 e. The number of aliphatic hydroxyl groups is 1. The largest absolute Gasteiger partial charge is 0.491 e. The standard InChI is InChI=1S/C28H29N3O3/c1-19-9-8-14-26(20(19)2)34-18-23(32)17-31-25-13-7-6-12-24(25)29-28(31)21-15-27(33)30(16-21)22-10-4-3-5-11-22/h3-14,21,23,32H,15-18H2,1-2H3. The van der Waals surface area contributed by atoms with Crippen LogP contribution < -0.4 is 9.64 Å². The lowest BCUT2D eigenvalue weighted by molar-refractivity contribution is -0.117. The molecule has 0 bridgehead atoms. The first kappa shape index (κ1) is 22.2. The first-order valence-electron chi connectivity index (χ1n) is 11.7. The van der Waals surface area contributed by atoms with Gasteiger partial charge in [-0.15, -0.1) is 0 Å². The van der Waals surface area contributed by atoms with E-state index in [4.69, 9.17) is 9.72 Å². The molecule has 1 aliphatic heterocycles. The average molecular weight is 456 g/mol. The van der Waals surface area contributed by atoms with Crippen LogP contribution in [0.4, 0.5) is 5.69 Å². The van der Waals surface area contributed by atoms with Gasteiger partial charge in [0.1, 0.15) is 24.3 Å². The number of benzene rings is 3. The first-order chi connectivity index (χ1) is 16.5. The summed E-state index contributed by atoms with van der Waals surface area (Å²) in [5.74, 6) is 1.66. The van der Waals surface area contributed by atoms with Crippen molar-refractivity contribution in [2.75, 3.05) is 18.1 Å². The van der Waals surface area contributed by atoms with E-state index < -0.39 is 6.10 Å². The predicted molar refractivity (Wildman–Crippen MR) is 133 cm³/mol. The highest BCUT2D eigenvalue weighted by Gasteiger charge is 2.35. The molecule has 1 aliphatic rings. The fourth-order valence-corrected chi connectivity index (χ4v) is 4.67. The number of ether oxygens (including phenoxy) is 1. The van der Waals surface area contributed by atoms with Crippen molar-refractivity contribution in [1.82, 2.24) is 9.55 Å². The maximum atomic E-state index is 12.8. The number of amides is 1. The van der Waals surface area contributed by atoms with Crippen molar-refractivity contribution < 1.29 is 14.6 Å².